The van der Waals surface area contributed by atoms with E-state index in [9.17, 15) is 4.79 Å². The number of ether oxygens (including phenoxy) is 1. The monoisotopic (exact) mass is 257 g/mol. The van der Waals surface area contributed by atoms with Crippen molar-refractivity contribution >= 4 is 5.78 Å². The van der Waals surface area contributed by atoms with Gasteiger partial charge in [-0.25, -0.2) is 0 Å². The average Bonchev–Trinajstić information content (AvgIpc) is 2.82. The number of carbonyl (C=O) groups excluding carboxylic acids is 1. The van der Waals surface area contributed by atoms with Gasteiger partial charge in [-0.05, 0) is 43.5 Å². The second-order valence-corrected chi connectivity index (χ2v) is 4.82. The van der Waals surface area contributed by atoms with Gasteiger partial charge < -0.3 is 9.26 Å². The van der Waals surface area contributed by atoms with Gasteiger partial charge in [0.25, 0.3) is 0 Å². The Morgan fingerprint density at radius 2 is 2.21 bits per heavy atom. The molecule has 0 saturated carbocycles. The largest absolute Gasteiger partial charge is 0.486 e. The van der Waals surface area contributed by atoms with Crippen LogP contribution in [0.2, 0.25) is 0 Å². The van der Waals surface area contributed by atoms with E-state index in [0.717, 1.165) is 35.4 Å². The second-order valence-electron chi connectivity index (χ2n) is 4.82. The summed E-state index contributed by atoms with van der Waals surface area (Å²) in [7, 11) is 0. The maximum absolute atomic E-state index is 11.7. The van der Waals surface area contributed by atoms with Crippen LogP contribution in [0.3, 0.4) is 0 Å². The van der Waals surface area contributed by atoms with Crippen LogP contribution in [0.25, 0.3) is 0 Å². The van der Waals surface area contributed by atoms with Gasteiger partial charge >= 0.3 is 0 Å². The number of aromatic nitrogens is 1. The Labute approximate surface area is 111 Å². The Morgan fingerprint density at radius 3 is 3.00 bits per heavy atom. The van der Waals surface area contributed by atoms with Gasteiger partial charge in [-0.3, -0.25) is 4.79 Å². The lowest BCUT2D eigenvalue weighted by molar-refractivity contribution is 0.0972. The van der Waals surface area contributed by atoms with Gasteiger partial charge in [0, 0.05) is 18.1 Å². The lowest BCUT2D eigenvalue weighted by atomic mass is 9.91. The lowest BCUT2D eigenvalue weighted by Crippen LogP contribution is -2.10. The van der Waals surface area contributed by atoms with E-state index < -0.39 is 0 Å². The fraction of sp³-hybridized carbons (Fsp3) is 0.333. The quantitative estimate of drug-likeness (QED) is 0.847. The van der Waals surface area contributed by atoms with E-state index in [2.05, 4.69) is 5.16 Å². The first kappa shape index (κ1) is 12.0. The number of fused-ring (bicyclic) bond motifs is 1. The fourth-order valence-corrected chi connectivity index (χ4v) is 2.35. The number of benzene rings is 1. The standard InChI is InChI=1S/C15H15NO3/c1-10-7-13(19-16-10)9-18-12-5-6-14-11(8-12)3-2-4-15(14)17/h5-8H,2-4,9H2,1H3. The highest BCUT2D eigenvalue weighted by Crippen LogP contribution is 2.25. The zero-order valence-electron chi connectivity index (χ0n) is 10.8. The van der Waals surface area contributed by atoms with Crippen LogP contribution in [0.5, 0.6) is 5.75 Å². The molecule has 1 aliphatic carbocycles. The van der Waals surface area contributed by atoms with E-state index in [1.807, 2.05) is 31.2 Å². The van der Waals surface area contributed by atoms with Crippen LogP contribution >= 0.6 is 0 Å². The van der Waals surface area contributed by atoms with Crippen molar-refractivity contribution in [3.05, 3.63) is 46.8 Å². The highest BCUT2D eigenvalue weighted by atomic mass is 16.5. The third kappa shape index (κ3) is 2.52. The minimum absolute atomic E-state index is 0.235. The van der Waals surface area contributed by atoms with Crippen molar-refractivity contribution < 1.29 is 14.1 Å². The molecule has 0 N–H and O–H groups in total. The zero-order valence-corrected chi connectivity index (χ0v) is 10.8. The van der Waals surface area contributed by atoms with Gasteiger partial charge in [0.1, 0.15) is 12.4 Å². The van der Waals surface area contributed by atoms with Crippen LogP contribution in [0.4, 0.5) is 0 Å². The molecule has 0 amide bonds. The van der Waals surface area contributed by atoms with Crippen LogP contribution in [-0.2, 0) is 13.0 Å². The van der Waals surface area contributed by atoms with Gasteiger partial charge in [-0.15, -0.1) is 0 Å². The topological polar surface area (TPSA) is 52.3 Å². The Bertz CT molecular complexity index is 616. The molecule has 3 rings (SSSR count). The molecular weight excluding hydrogens is 242 g/mol. The van der Waals surface area contributed by atoms with Crippen LogP contribution < -0.4 is 4.74 Å². The van der Waals surface area contributed by atoms with E-state index in [0.29, 0.717) is 18.8 Å². The number of hydrogen-bond acceptors (Lipinski definition) is 4. The first-order chi connectivity index (χ1) is 9.22. The summed E-state index contributed by atoms with van der Waals surface area (Å²) in [6.07, 6.45) is 2.53. The molecule has 1 aliphatic rings. The van der Waals surface area contributed by atoms with Crippen molar-refractivity contribution in [1.29, 1.82) is 0 Å². The van der Waals surface area contributed by atoms with E-state index in [1.54, 1.807) is 0 Å². The van der Waals surface area contributed by atoms with E-state index in [4.69, 9.17) is 9.26 Å². The summed E-state index contributed by atoms with van der Waals surface area (Å²) in [5.74, 6) is 1.70. The van der Waals surface area contributed by atoms with Gasteiger partial charge in [-0.1, -0.05) is 5.16 Å². The van der Waals surface area contributed by atoms with Crippen LogP contribution in [0.15, 0.2) is 28.8 Å². The minimum atomic E-state index is 0.235. The van der Waals surface area contributed by atoms with Crippen LogP contribution in [0.1, 0.15) is 40.2 Å². The predicted octanol–water partition coefficient (Wildman–Crippen LogP) is 3.08. The molecule has 1 aromatic heterocycles. The molecule has 0 saturated heterocycles. The third-order valence-electron chi connectivity index (χ3n) is 3.28. The van der Waals surface area contributed by atoms with Gasteiger partial charge in [0.2, 0.25) is 0 Å². The minimum Gasteiger partial charge on any atom is -0.486 e. The maximum Gasteiger partial charge on any atom is 0.174 e. The van der Waals surface area contributed by atoms with Gasteiger partial charge in [0.05, 0.1) is 5.69 Å². The Balaban J connectivity index is 1.73. The summed E-state index contributed by atoms with van der Waals surface area (Å²) >= 11 is 0. The van der Waals surface area contributed by atoms with Crippen molar-refractivity contribution in [3.8, 4) is 5.75 Å². The normalized spacial score (nSPS) is 14.3. The van der Waals surface area contributed by atoms with E-state index in [1.165, 1.54) is 0 Å². The molecule has 4 nitrogen and oxygen atoms in total. The SMILES string of the molecule is Cc1cc(COc2ccc3c(c2)CCCC3=O)on1. The molecule has 4 heteroatoms. The molecule has 0 fully saturated rings. The third-order valence-corrected chi connectivity index (χ3v) is 3.28. The Kier molecular flexibility index (Phi) is 3.07. The van der Waals surface area contributed by atoms with Crippen LogP contribution in [0, 0.1) is 6.92 Å². The Hall–Kier alpha value is -2.10. The molecule has 0 atom stereocenters. The molecule has 19 heavy (non-hydrogen) atoms. The van der Waals surface area contributed by atoms with E-state index in [-0.39, 0.29) is 5.78 Å². The fourth-order valence-electron chi connectivity index (χ4n) is 2.35. The molecule has 2 aromatic rings. The van der Waals surface area contributed by atoms with Crippen molar-refractivity contribution in [2.24, 2.45) is 0 Å². The molecule has 0 aliphatic heterocycles. The van der Waals surface area contributed by atoms with Crippen LogP contribution in [-0.4, -0.2) is 10.9 Å². The number of carbonyl (C=O) groups is 1. The van der Waals surface area contributed by atoms with Crippen molar-refractivity contribution in [1.82, 2.24) is 5.16 Å². The second kappa shape index (κ2) is 4.88. The molecule has 0 unspecified atom stereocenters. The van der Waals surface area contributed by atoms with Crippen molar-refractivity contribution in [3.63, 3.8) is 0 Å². The first-order valence-electron chi connectivity index (χ1n) is 6.43. The predicted molar refractivity (Wildman–Crippen MR) is 69.3 cm³/mol. The number of ketones is 1. The summed E-state index contributed by atoms with van der Waals surface area (Å²) in [5, 5.41) is 3.81. The summed E-state index contributed by atoms with van der Waals surface area (Å²) in [6.45, 7) is 2.23. The summed E-state index contributed by atoms with van der Waals surface area (Å²) in [5.41, 5.74) is 2.77. The number of rotatable bonds is 3. The molecule has 0 radical (unpaired) electrons. The van der Waals surface area contributed by atoms with Crippen molar-refractivity contribution in [2.45, 2.75) is 32.8 Å². The summed E-state index contributed by atoms with van der Waals surface area (Å²) < 4.78 is 10.7. The van der Waals surface area contributed by atoms with E-state index >= 15 is 0 Å². The van der Waals surface area contributed by atoms with Crippen molar-refractivity contribution in [2.75, 3.05) is 0 Å². The highest BCUT2D eigenvalue weighted by Gasteiger charge is 2.17. The highest BCUT2D eigenvalue weighted by molar-refractivity contribution is 5.98. The number of nitrogens with zero attached hydrogens (tertiary/aromatic N) is 1. The van der Waals surface area contributed by atoms with Gasteiger partial charge in [-0.2, -0.15) is 0 Å². The smallest absolute Gasteiger partial charge is 0.174 e. The Morgan fingerprint density at radius 1 is 1.32 bits per heavy atom. The molecule has 1 aromatic carbocycles. The molecule has 0 bridgehead atoms. The maximum atomic E-state index is 11.7. The number of hydrogen-bond donors (Lipinski definition) is 0. The van der Waals surface area contributed by atoms with Gasteiger partial charge in [0.15, 0.2) is 11.5 Å². The lowest BCUT2D eigenvalue weighted by Gasteiger charge is -2.15. The first-order valence-corrected chi connectivity index (χ1v) is 6.43. The summed E-state index contributed by atoms with van der Waals surface area (Å²) in [4.78, 5) is 11.7. The molecule has 1 heterocycles. The molecular formula is C15H15NO3. The molecule has 0 spiro atoms. The zero-order chi connectivity index (χ0) is 13.2. The summed E-state index contributed by atoms with van der Waals surface area (Å²) in [6, 6.07) is 7.50. The molecule has 98 valence electrons. The number of Topliss-reactive ketones (excluding diaryl/α,β-unsaturated/α-hetero) is 1. The number of aryl methyl sites for hydroxylation is 2. The average molecular weight is 257 g/mol.